The molecule has 9 heteroatoms. The van der Waals surface area contributed by atoms with Crippen LogP contribution >= 0.6 is 0 Å². The zero-order valence-electron chi connectivity index (χ0n) is 14.7. The standard InChI is InChI=1S/C16H24N6O3/c1-3-5-13-18-14(25-21-13)6-4-7-15(23)22-8-9-24-12(10-22)16-17-11(2)19-20-16/h12H,3-10H2,1-2H3,(H,17,19,20)/t12-/m1/s1. The van der Waals surface area contributed by atoms with Crippen LogP contribution in [0.1, 0.15) is 55.7 Å². The average molecular weight is 348 g/mol. The molecule has 1 aliphatic heterocycles. The number of aryl methyl sites for hydroxylation is 3. The molecule has 2 aromatic rings. The summed E-state index contributed by atoms with van der Waals surface area (Å²) >= 11 is 0. The molecule has 25 heavy (non-hydrogen) atoms. The van der Waals surface area contributed by atoms with Crippen LogP contribution in [0.15, 0.2) is 4.52 Å². The zero-order valence-corrected chi connectivity index (χ0v) is 14.7. The van der Waals surface area contributed by atoms with Crippen LogP contribution < -0.4 is 0 Å². The highest BCUT2D eigenvalue weighted by Gasteiger charge is 2.27. The third kappa shape index (κ3) is 4.62. The van der Waals surface area contributed by atoms with E-state index in [2.05, 4.69) is 32.2 Å². The Morgan fingerprint density at radius 3 is 3.00 bits per heavy atom. The molecule has 2 aromatic heterocycles. The van der Waals surface area contributed by atoms with Gasteiger partial charge in [-0.1, -0.05) is 12.1 Å². The van der Waals surface area contributed by atoms with E-state index in [4.69, 9.17) is 9.26 Å². The Bertz CT molecular complexity index is 698. The van der Waals surface area contributed by atoms with Crippen molar-refractivity contribution in [2.75, 3.05) is 19.7 Å². The Morgan fingerprint density at radius 1 is 1.36 bits per heavy atom. The van der Waals surface area contributed by atoms with Crippen LogP contribution in [-0.2, 0) is 22.4 Å². The van der Waals surface area contributed by atoms with Gasteiger partial charge in [0.15, 0.2) is 11.6 Å². The highest BCUT2D eigenvalue weighted by atomic mass is 16.5. The minimum atomic E-state index is -0.268. The first kappa shape index (κ1) is 17.5. The number of nitrogens with zero attached hydrogens (tertiary/aromatic N) is 5. The van der Waals surface area contributed by atoms with Gasteiger partial charge in [0, 0.05) is 25.8 Å². The molecule has 0 aromatic carbocycles. The lowest BCUT2D eigenvalue weighted by Gasteiger charge is -2.31. The van der Waals surface area contributed by atoms with Gasteiger partial charge in [0.2, 0.25) is 11.8 Å². The number of carbonyl (C=O) groups is 1. The largest absolute Gasteiger partial charge is 0.366 e. The second-order valence-corrected chi connectivity index (χ2v) is 6.19. The number of hydrogen-bond acceptors (Lipinski definition) is 7. The maximum Gasteiger partial charge on any atom is 0.226 e. The Labute approximate surface area is 146 Å². The molecule has 0 unspecified atom stereocenters. The summed E-state index contributed by atoms with van der Waals surface area (Å²) in [6.45, 7) is 5.49. The van der Waals surface area contributed by atoms with Crippen molar-refractivity contribution < 1.29 is 14.1 Å². The quantitative estimate of drug-likeness (QED) is 0.804. The smallest absolute Gasteiger partial charge is 0.226 e. The summed E-state index contributed by atoms with van der Waals surface area (Å²) in [6.07, 6.45) is 3.30. The number of amides is 1. The van der Waals surface area contributed by atoms with E-state index in [1.54, 1.807) is 0 Å². The minimum Gasteiger partial charge on any atom is -0.366 e. The molecule has 1 atom stereocenters. The average Bonchev–Trinajstić information content (AvgIpc) is 3.24. The number of carbonyl (C=O) groups excluding carboxylic acids is 1. The van der Waals surface area contributed by atoms with Crippen LogP contribution in [0.25, 0.3) is 0 Å². The van der Waals surface area contributed by atoms with Crippen molar-refractivity contribution >= 4 is 5.91 Å². The molecule has 136 valence electrons. The van der Waals surface area contributed by atoms with Crippen molar-refractivity contribution in [2.24, 2.45) is 0 Å². The number of aromatic amines is 1. The lowest BCUT2D eigenvalue weighted by atomic mass is 10.2. The topological polar surface area (TPSA) is 110 Å². The van der Waals surface area contributed by atoms with Gasteiger partial charge in [-0.2, -0.15) is 10.1 Å². The number of morpholine rings is 1. The molecule has 0 radical (unpaired) electrons. The van der Waals surface area contributed by atoms with Crippen molar-refractivity contribution in [3.63, 3.8) is 0 Å². The lowest BCUT2D eigenvalue weighted by Crippen LogP contribution is -2.42. The van der Waals surface area contributed by atoms with Crippen molar-refractivity contribution in [2.45, 2.75) is 52.1 Å². The van der Waals surface area contributed by atoms with E-state index >= 15 is 0 Å². The van der Waals surface area contributed by atoms with E-state index in [0.29, 0.717) is 50.7 Å². The van der Waals surface area contributed by atoms with Gasteiger partial charge in [0.1, 0.15) is 11.9 Å². The lowest BCUT2D eigenvalue weighted by molar-refractivity contribution is -0.139. The third-order valence-corrected chi connectivity index (χ3v) is 4.09. The molecule has 1 saturated heterocycles. The molecule has 0 bridgehead atoms. The maximum atomic E-state index is 12.4. The molecule has 3 rings (SSSR count). The fourth-order valence-electron chi connectivity index (χ4n) is 2.80. The molecule has 0 spiro atoms. The molecule has 1 amide bonds. The van der Waals surface area contributed by atoms with Crippen LogP contribution in [0, 0.1) is 6.92 Å². The summed E-state index contributed by atoms with van der Waals surface area (Å²) in [6, 6.07) is 0. The maximum absolute atomic E-state index is 12.4. The van der Waals surface area contributed by atoms with E-state index in [1.165, 1.54) is 0 Å². The van der Waals surface area contributed by atoms with Gasteiger partial charge in [-0.05, 0) is 19.8 Å². The van der Waals surface area contributed by atoms with Crippen LogP contribution in [0.4, 0.5) is 0 Å². The molecule has 3 heterocycles. The normalized spacial score (nSPS) is 17.8. The van der Waals surface area contributed by atoms with Crippen molar-refractivity contribution in [3.8, 4) is 0 Å². The predicted molar refractivity (Wildman–Crippen MR) is 87.6 cm³/mol. The highest BCUT2D eigenvalue weighted by Crippen LogP contribution is 2.20. The molecular formula is C16H24N6O3. The van der Waals surface area contributed by atoms with E-state index in [9.17, 15) is 4.79 Å². The van der Waals surface area contributed by atoms with Gasteiger partial charge in [-0.25, -0.2) is 4.98 Å². The van der Waals surface area contributed by atoms with E-state index in [-0.39, 0.29) is 12.0 Å². The van der Waals surface area contributed by atoms with Crippen molar-refractivity contribution in [1.82, 2.24) is 30.2 Å². The highest BCUT2D eigenvalue weighted by molar-refractivity contribution is 5.76. The van der Waals surface area contributed by atoms with Crippen molar-refractivity contribution in [3.05, 3.63) is 23.4 Å². The minimum absolute atomic E-state index is 0.105. The summed E-state index contributed by atoms with van der Waals surface area (Å²) in [5.41, 5.74) is 0. The van der Waals surface area contributed by atoms with Crippen LogP contribution in [0.5, 0.6) is 0 Å². The predicted octanol–water partition coefficient (Wildman–Crippen LogP) is 1.37. The van der Waals surface area contributed by atoms with Gasteiger partial charge in [-0.15, -0.1) is 0 Å². The summed E-state index contributed by atoms with van der Waals surface area (Å²) in [7, 11) is 0. The van der Waals surface area contributed by atoms with Gasteiger partial charge in [0.25, 0.3) is 0 Å². The first-order valence-electron chi connectivity index (χ1n) is 8.75. The van der Waals surface area contributed by atoms with Gasteiger partial charge >= 0.3 is 0 Å². The molecular weight excluding hydrogens is 324 g/mol. The molecule has 9 nitrogen and oxygen atoms in total. The Balaban J connectivity index is 1.45. The first-order valence-corrected chi connectivity index (χ1v) is 8.75. The van der Waals surface area contributed by atoms with Crippen LogP contribution in [-0.4, -0.2) is 55.8 Å². The fourth-order valence-corrected chi connectivity index (χ4v) is 2.80. The van der Waals surface area contributed by atoms with E-state index in [0.717, 1.165) is 24.5 Å². The molecule has 1 N–H and O–H groups in total. The monoisotopic (exact) mass is 348 g/mol. The molecule has 1 aliphatic rings. The first-order chi connectivity index (χ1) is 12.2. The molecule has 1 fully saturated rings. The fraction of sp³-hybridized carbons (Fsp3) is 0.688. The number of H-pyrrole nitrogens is 1. The van der Waals surface area contributed by atoms with Crippen molar-refractivity contribution in [1.29, 1.82) is 0 Å². The SMILES string of the molecule is CCCc1noc(CCCC(=O)N2CCO[C@@H](c3n[nH]c(C)n3)C2)n1. The third-order valence-electron chi connectivity index (χ3n) is 4.09. The summed E-state index contributed by atoms with van der Waals surface area (Å²) in [5.74, 6) is 2.79. The number of aromatic nitrogens is 5. The van der Waals surface area contributed by atoms with Crippen LogP contribution in [0.2, 0.25) is 0 Å². The Hall–Kier alpha value is -2.29. The second-order valence-electron chi connectivity index (χ2n) is 6.19. The summed E-state index contributed by atoms with van der Waals surface area (Å²) in [4.78, 5) is 22.9. The Kier molecular flexibility index (Phi) is 5.75. The zero-order chi connectivity index (χ0) is 17.6. The number of nitrogens with one attached hydrogen (secondary N) is 1. The van der Waals surface area contributed by atoms with Crippen LogP contribution in [0.3, 0.4) is 0 Å². The number of rotatable bonds is 7. The van der Waals surface area contributed by atoms with Gasteiger partial charge < -0.3 is 14.2 Å². The van der Waals surface area contributed by atoms with Gasteiger partial charge in [0.05, 0.1) is 13.2 Å². The summed E-state index contributed by atoms with van der Waals surface area (Å²) < 4.78 is 10.9. The Morgan fingerprint density at radius 2 is 2.24 bits per heavy atom. The number of hydrogen-bond donors (Lipinski definition) is 1. The van der Waals surface area contributed by atoms with E-state index < -0.39 is 0 Å². The second kappa shape index (κ2) is 8.19. The molecule has 0 saturated carbocycles. The van der Waals surface area contributed by atoms with E-state index in [1.807, 2.05) is 11.8 Å². The number of ether oxygens (including phenoxy) is 1. The van der Waals surface area contributed by atoms with Gasteiger partial charge in [-0.3, -0.25) is 9.89 Å². The summed E-state index contributed by atoms with van der Waals surface area (Å²) in [5, 5.41) is 10.9. The molecule has 0 aliphatic carbocycles.